The normalized spacial score (nSPS) is 10.9. The van der Waals surface area contributed by atoms with Crippen LogP contribution < -0.4 is 0 Å². The average Bonchev–Trinajstić information content (AvgIpc) is 3.02. The molecule has 3 heterocycles. The van der Waals surface area contributed by atoms with E-state index in [1.807, 2.05) is 42.8 Å². The molecule has 4 heteroatoms. The Kier molecular flexibility index (Phi) is 3.37. The van der Waals surface area contributed by atoms with E-state index in [1.165, 1.54) is 11.1 Å². The minimum absolute atomic E-state index is 0.896. The highest BCUT2D eigenvalue weighted by Gasteiger charge is 2.13. The summed E-state index contributed by atoms with van der Waals surface area (Å²) in [6.07, 6.45) is 5.40. The summed E-state index contributed by atoms with van der Waals surface area (Å²) in [7, 11) is 0. The summed E-state index contributed by atoms with van der Waals surface area (Å²) in [5.74, 6) is 0. The molecule has 0 amide bonds. The molecule has 0 saturated heterocycles. The molecule has 0 aliphatic carbocycles. The Labute approximate surface area is 132 Å². The summed E-state index contributed by atoms with van der Waals surface area (Å²) in [6, 6.07) is 16.2. The third-order valence-electron chi connectivity index (χ3n) is 3.46. The first kappa shape index (κ1) is 13.1. The molecule has 0 aliphatic heterocycles. The number of rotatable bonds is 3. The lowest BCUT2D eigenvalue weighted by Gasteiger charge is -2.05. The standard InChI is InChI=1S/C18H12N3S/c1-2-6-13(7-3-1)15-11-22-18-17(15)16(20-12-21-18)10-14-8-4-5-9-19-14/h1-12H. The minimum Gasteiger partial charge on any atom is -0.261 e. The molecule has 4 aromatic rings. The largest absolute Gasteiger partial charge is 0.261 e. The summed E-state index contributed by atoms with van der Waals surface area (Å²) in [5, 5.41) is 3.23. The van der Waals surface area contributed by atoms with Crippen LogP contribution in [-0.2, 0) is 0 Å². The fraction of sp³-hybridized carbons (Fsp3) is 0. The van der Waals surface area contributed by atoms with Gasteiger partial charge in [-0.3, -0.25) is 4.98 Å². The van der Waals surface area contributed by atoms with Crippen LogP contribution in [0.3, 0.4) is 0 Å². The molecule has 22 heavy (non-hydrogen) atoms. The van der Waals surface area contributed by atoms with Crippen LogP contribution in [0, 0.1) is 6.42 Å². The number of thiophene rings is 1. The van der Waals surface area contributed by atoms with Gasteiger partial charge in [-0.2, -0.15) is 0 Å². The highest BCUT2D eigenvalue weighted by molar-refractivity contribution is 7.17. The Hall–Kier alpha value is -2.59. The molecular formula is C18H12N3S. The van der Waals surface area contributed by atoms with Crippen LogP contribution in [0.15, 0.2) is 66.4 Å². The van der Waals surface area contributed by atoms with Crippen molar-refractivity contribution < 1.29 is 0 Å². The van der Waals surface area contributed by atoms with Crippen LogP contribution in [0.4, 0.5) is 0 Å². The number of nitrogens with zero attached hydrogens (tertiary/aromatic N) is 3. The molecule has 3 nitrogen and oxygen atoms in total. The van der Waals surface area contributed by atoms with Gasteiger partial charge in [-0.15, -0.1) is 11.3 Å². The van der Waals surface area contributed by atoms with Crippen molar-refractivity contribution in [3.05, 3.63) is 84.2 Å². The number of pyridine rings is 1. The number of hydrogen-bond donors (Lipinski definition) is 0. The summed E-state index contributed by atoms with van der Waals surface area (Å²) >= 11 is 1.64. The maximum absolute atomic E-state index is 4.46. The van der Waals surface area contributed by atoms with Gasteiger partial charge in [0.2, 0.25) is 0 Å². The summed E-state index contributed by atoms with van der Waals surface area (Å²) in [6.45, 7) is 0. The molecule has 4 rings (SSSR count). The summed E-state index contributed by atoms with van der Waals surface area (Å²) in [5.41, 5.74) is 4.15. The van der Waals surface area contributed by atoms with Gasteiger partial charge >= 0.3 is 0 Å². The van der Waals surface area contributed by atoms with E-state index in [0.29, 0.717) is 0 Å². The molecule has 0 unspecified atom stereocenters. The predicted octanol–water partition coefficient (Wildman–Crippen LogP) is 4.35. The van der Waals surface area contributed by atoms with Crippen LogP contribution >= 0.6 is 11.3 Å². The molecule has 0 fully saturated rings. The molecule has 3 aromatic heterocycles. The van der Waals surface area contributed by atoms with Crippen molar-refractivity contribution >= 4 is 21.6 Å². The monoisotopic (exact) mass is 302 g/mol. The average molecular weight is 302 g/mol. The highest BCUT2D eigenvalue weighted by Crippen LogP contribution is 2.35. The van der Waals surface area contributed by atoms with E-state index in [9.17, 15) is 0 Å². The zero-order chi connectivity index (χ0) is 14.8. The first-order valence-corrected chi connectivity index (χ1v) is 7.83. The van der Waals surface area contributed by atoms with Gasteiger partial charge in [0.05, 0.1) is 17.8 Å². The zero-order valence-corrected chi connectivity index (χ0v) is 12.5. The Balaban J connectivity index is 1.87. The van der Waals surface area contributed by atoms with Crippen molar-refractivity contribution in [2.45, 2.75) is 0 Å². The molecule has 105 valence electrons. The van der Waals surface area contributed by atoms with Crippen LogP contribution in [0.2, 0.25) is 0 Å². The maximum atomic E-state index is 4.46. The molecule has 0 saturated carbocycles. The zero-order valence-electron chi connectivity index (χ0n) is 11.7. The number of hydrogen-bond acceptors (Lipinski definition) is 4. The number of aromatic nitrogens is 3. The Morgan fingerprint density at radius 2 is 1.73 bits per heavy atom. The molecular weight excluding hydrogens is 290 g/mol. The highest BCUT2D eigenvalue weighted by atomic mass is 32.1. The van der Waals surface area contributed by atoms with E-state index in [4.69, 9.17) is 0 Å². The number of benzene rings is 1. The van der Waals surface area contributed by atoms with Crippen LogP contribution in [0.5, 0.6) is 0 Å². The van der Waals surface area contributed by atoms with Gasteiger partial charge in [-0.25, -0.2) is 9.97 Å². The van der Waals surface area contributed by atoms with Crippen molar-refractivity contribution in [2.24, 2.45) is 0 Å². The second kappa shape index (κ2) is 5.66. The van der Waals surface area contributed by atoms with Gasteiger partial charge in [0, 0.05) is 22.5 Å². The third kappa shape index (κ3) is 2.38. The quantitative estimate of drug-likeness (QED) is 0.564. The fourth-order valence-electron chi connectivity index (χ4n) is 2.44. The van der Waals surface area contributed by atoms with Crippen molar-refractivity contribution in [3.63, 3.8) is 0 Å². The summed E-state index contributed by atoms with van der Waals surface area (Å²) in [4.78, 5) is 14.2. The van der Waals surface area contributed by atoms with E-state index in [0.717, 1.165) is 21.6 Å². The number of fused-ring (bicyclic) bond motifs is 1. The topological polar surface area (TPSA) is 38.7 Å². The molecule has 0 spiro atoms. The Bertz CT molecular complexity index is 901. The van der Waals surface area contributed by atoms with Crippen LogP contribution in [-0.4, -0.2) is 15.0 Å². The van der Waals surface area contributed by atoms with Gasteiger partial charge in [0.15, 0.2) is 0 Å². The van der Waals surface area contributed by atoms with Gasteiger partial charge in [-0.1, -0.05) is 36.4 Å². The van der Waals surface area contributed by atoms with E-state index >= 15 is 0 Å². The second-order valence-corrected chi connectivity index (χ2v) is 5.71. The van der Waals surface area contributed by atoms with Crippen LogP contribution in [0.1, 0.15) is 11.4 Å². The Morgan fingerprint density at radius 3 is 2.55 bits per heavy atom. The maximum Gasteiger partial charge on any atom is 0.127 e. The fourth-order valence-corrected chi connectivity index (χ4v) is 3.36. The first-order valence-electron chi connectivity index (χ1n) is 6.95. The van der Waals surface area contributed by atoms with E-state index in [-0.39, 0.29) is 0 Å². The lowest BCUT2D eigenvalue weighted by Crippen LogP contribution is -1.94. The molecule has 1 aromatic carbocycles. The van der Waals surface area contributed by atoms with Gasteiger partial charge in [0.1, 0.15) is 11.2 Å². The van der Waals surface area contributed by atoms with E-state index < -0.39 is 0 Å². The summed E-state index contributed by atoms with van der Waals surface area (Å²) < 4.78 is 0. The van der Waals surface area contributed by atoms with Crippen LogP contribution in [0.25, 0.3) is 21.3 Å². The third-order valence-corrected chi connectivity index (χ3v) is 4.34. The van der Waals surface area contributed by atoms with Crippen molar-refractivity contribution in [2.75, 3.05) is 0 Å². The lowest BCUT2D eigenvalue weighted by atomic mass is 10.0. The van der Waals surface area contributed by atoms with E-state index in [1.54, 1.807) is 23.9 Å². The van der Waals surface area contributed by atoms with Gasteiger partial charge < -0.3 is 0 Å². The predicted molar refractivity (Wildman–Crippen MR) is 89.6 cm³/mol. The first-order chi connectivity index (χ1) is 10.9. The van der Waals surface area contributed by atoms with Crippen molar-refractivity contribution in [3.8, 4) is 11.1 Å². The van der Waals surface area contributed by atoms with Gasteiger partial charge in [0.25, 0.3) is 0 Å². The lowest BCUT2D eigenvalue weighted by molar-refractivity contribution is 1.14. The van der Waals surface area contributed by atoms with Crippen molar-refractivity contribution in [1.82, 2.24) is 15.0 Å². The molecule has 0 N–H and O–H groups in total. The minimum atomic E-state index is 0.896. The van der Waals surface area contributed by atoms with E-state index in [2.05, 4.69) is 32.5 Å². The molecule has 0 aliphatic rings. The molecule has 0 atom stereocenters. The molecule has 1 radical (unpaired) electrons. The SMILES string of the molecule is [CH](c1ccccn1)c1ncnc2scc(-c3ccccc3)c12. The van der Waals surface area contributed by atoms with Crippen molar-refractivity contribution in [1.29, 1.82) is 0 Å². The Morgan fingerprint density at radius 1 is 0.864 bits per heavy atom. The smallest absolute Gasteiger partial charge is 0.127 e. The van der Waals surface area contributed by atoms with Gasteiger partial charge in [-0.05, 0) is 17.7 Å². The molecule has 0 bridgehead atoms. The second-order valence-electron chi connectivity index (χ2n) is 4.85.